The van der Waals surface area contributed by atoms with Gasteiger partial charge >= 0.3 is 6.09 Å². The summed E-state index contributed by atoms with van der Waals surface area (Å²) in [7, 11) is 0. The highest BCUT2D eigenvalue weighted by Gasteiger charge is 2.25. The molecule has 1 fully saturated rings. The average Bonchev–Trinajstić information content (AvgIpc) is 2.27. The van der Waals surface area contributed by atoms with Crippen molar-refractivity contribution in [3.05, 3.63) is 11.3 Å². The topological polar surface area (TPSA) is 79.3 Å². The van der Waals surface area contributed by atoms with Crippen LogP contribution in [0.1, 0.15) is 40.0 Å². The van der Waals surface area contributed by atoms with E-state index >= 15 is 0 Å². The van der Waals surface area contributed by atoms with Crippen LogP contribution in [0.15, 0.2) is 11.3 Å². The average molecular weight is 251 g/mol. The van der Waals surface area contributed by atoms with Crippen LogP contribution in [0, 0.1) is 11.3 Å². The number of hydrogen-bond donors (Lipinski definition) is 1. The SMILES string of the molecule is CC(C)(C)OC(=O)N1CCC(=C(N)CC#N)CC1. The smallest absolute Gasteiger partial charge is 0.410 e. The first kappa shape index (κ1) is 14.4. The van der Waals surface area contributed by atoms with Crippen molar-refractivity contribution in [3.63, 3.8) is 0 Å². The molecule has 0 aromatic carbocycles. The summed E-state index contributed by atoms with van der Waals surface area (Å²) in [6, 6.07) is 2.04. The van der Waals surface area contributed by atoms with Gasteiger partial charge in [0.2, 0.25) is 0 Å². The van der Waals surface area contributed by atoms with E-state index in [1.54, 1.807) is 4.90 Å². The van der Waals surface area contributed by atoms with E-state index in [2.05, 4.69) is 0 Å². The van der Waals surface area contributed by atoms with E-state index in [0.29, 0.717) is 18.8 Å². The molecule has 1 amide bonds. The van der Waals surface area contributed by atoms with Crippen LogP contribution in [0.4, 0.5) is 4.79 Å². The fourth-order valence-corrected chi connectivity index (χ4v) is 1.82. The summed E-state index contributed by atoms with van der Waals surface area (Å²) in [5.74, 6) is 0. The van der Waals surface area contributed by atoms with Crippen LogP contribution >= 0.6 is 0 Å². The van der Waals surface area contributed by atoms with E-state index in [9.17, 15) is 4.79 Å². The van der Waals surface area contributed by atoms with Gasteiger partial charge in [0, 0.05) is 18.8 Å². The maximum atomic E-state index is 11.8. The van der Waals surface area contributed by atoms with Gasteiger partial charge in [-0.1, -0.05) is 0 Å². The standard InChI is InChI=1S/C13H21N3O2/c1-13(2,3)18-12(17)16-8-5-10(6-9-16)11(15)4-7-14/h4-6,8-9,15H2,1-3H3. The Kier molecular flexibility index (Phi) is 4.60. The minimum absolute atomic E-state index is 0.266. The molecule has 0 aromatic heterocycles. The number of carbonyl (C=O) groups excluding carboxylic acids is 1. The number of nitriles is 1. The van der Waals surface area contributed by atoms with Crippen molar-refractivity contribution in [2.45, 2.75) is 45.6 Å². The molecule has 18 heavy (non-hydrogen) atoms. The van der Waals surface area contributed by atoms with Gasteiger partial charge < -0.3 is 15.4 Å². The van der Waals surface area contributed by atoms with Gasteiger partial charge in [-0.05, 0) is 39.2 Å². The van der Waals surface area contributed by atoms with E-state index < -0.39 is 5.60 Å². The molecule has 5 heteroatoms. The lowest BCUT2D eigenvalue weighted by Crippen LogP contribution is -2.40. The largest absolute Gasteiger partial charge is 0.444 e. The van der Waals surface area contributed by atoms with Gasteiger partial charge in [-0.25, -0.2) is 4.79 Å². The Balaban J connectivity index is 2.52. The number of likely N-dealkylation sites (tertiary alicyclic amines) is 1. The van der Waals surface area contributed by atoms with Gasteiger partial charge in [-0.3, -0.25) is 0 Å². The number of piperidine rings is 1. The first-order chi connectivity index (χ1) is 8.33. The Labute approximate surface area is 108 Å². The second-order valence-corrected chi connectivity index (χ2v) is 5.43. The summed E-state index contributed by atoms with van der Waals surface area (Å²) >= 11 is 0. The maximum Gasteiger partial charge on any atom is 0.410 e. The number of ether oxygens (including phenoxy) is 1. The number of rotatable bonds is 1. The number of nitrogens with two attached hydrogens (primary N) is 1. The summed E-state index contributed by atoms with van der Waals surface area (Å²) in [5.41, 5.74) is 7.09. The Bertz CT molecular complexity index is 378. The predicted molar refractivity (Wildman–Crippen MR) is 68.5 cm³/mol. The van der Waals surface area contributed by atoms with Crippen LogP contribution in [-0.4, -0.2) is 29.7 Å². The molecule has 1 aliphatic heterocycles. The molecular formula is C13H21N3O2. The molecule has 2 N–H and O–H groups in total. The third kappa shape index (κ3) is 4.28. The second-order valence-electron chi connectivity index (χ2n) is 5.43. The number of amides is 1. The molecule has 0 aliphatic carbocycles. The molecule has 0 aromatic rings. The van der Waals surface area contributed by atoms with Crippen molar-refractivity contribution >= 4 is 6.09 Å². The Morgan fingerprint density at radius 2 is 2.00 bits per heavy atom. The summed E-state index contributed by atoms with van der Waals surface area (Å²) in [4.78, 5) is 13.5. The highest BCUT2D eigenvalue weighted by molar-refractivity contribution is 5.68. The monoisotopic (exact) mass is 251 g/mol. The fourth-order valence-electron chi connectivity index (χ4n) is 1.82. The van der Waals surface area contributed by atoms with Gasteiger partial charge in [0.25, 0.3) is 0 Å². The van der Waals surface area contributed by atoms with Crippen molar-refractivity contribution in [2.75, 3.05) is 13.1 Å². The van der Waals surface area contributed by atoms with Crippen LogP contribution < -0.4 is 5.73 Å². The van der Waals surface area contributed by atoms with E-state index in [1.165, 1.54) is 0 Å². The molecule has 0 spiro atoms. The minimum atomic E-state index is -0.465. The van der Waals surface area contributed by atoms with E-state index in [1.807, 2.05) is 26.8 Å². The van der Waals surface area contributed by atoms with Crippen molar-refractivity contribution in [2.24, 2.45) is 5.73 Å². The number of carbonyl (C=O) groups is 1. The third-order valence-electron chi connectivity index (χ3n) is 2.74. The van der Waals surface area contributed by atoms with E-state index in [4.69, 9.17) is 15.7 Å². The lowest BCUT2D eigenvalue weighted by molar-refractivity contribution is 0.0236. The predicted octanol–water partition coefficient (Wildman–Crippen LogP) is 2.14. The van der Waals surface area contributed by atoms with Crippen LogP contribution in [0.2, 0.25) is 0 Å². The third-order valence-corrected chi connectivity index (χ3v) is 2.74. The van der Waals surface area contributed by atoms with Crippen molar-refractivity contribution in [1.82, 2.24) is 4.90 Å². The zero-order valence-electron chi connectivity index (χ0n) is 11.3. The van der Waals surface area contributed by atoms with Crippen molar-refractivity contribution < 1.29 is 9.53 Å². The Hall–Kier alpha value is -1.70. The number of hydrogen-bond acceptors (Lipinski definition) is 4. The summed E-state index contributed by atoms with van der Waals surface area (Å²) in [5, 5.41) is 8.59. The van der Waals surface area contributed by atoms with E-state index in [0.717, 1.165) is 18.4 Å². The molecule has 100 valence electrons. The maximum absolute atomic E-state index is 11.8. The van der Waals surface area contributed by atoms with Crippen molar-refractivity contribution in [3.8, 4) is 6.07 Å². The summed E-state index contributed by atoms with van der Waals surface area (Å²) < 4.78 is 5.31. The quantitative estimate of drug-likeness (QED) is 0.774. The fraction of sp³-hybridized carbons (Fsp3) is 0.692. The molecule has 1 aliphatic rings. The van der Waals surface area contributed by atoms with Crippen LogP contribution in [-0.2, 0) is 4.74 Å². The lowest BCUT2D eigenvalue weighted by atomic mass is 10.0. The summed E-state index contributed by atoms with van der Waals surface area (Å²) in [6.07, 6.45) is 1.45. The Morgan fingerprint density at radius 1 is 1.44 bits per heavy atom. The molecule has 5 nitrogen and oxygen atoms in total. The highest BCUT2D eigenvalue weighted by atomic mass is 16.6. The van der Waals surface area contributed by atoms with Gasteiger partial charge in [0.05, 0.1) is 12.5 Å². The highest BCUT2D eigenvalue weighted by Crippen LogP contribution is 2.21. The normalized spacial score (nSPS) is 16.1. The minimum Gasteiger partial charge on any atom is -0.444 e. The first-order valence-corrected chi connectivity index (χ1v) is 6.14. The molecule has 0 radical (unpaired) electrons. The molecule has 0 bridgehead atoms. The van der Waals surface area contributed by atoms with Crippen LogP contribution in [0.3, 0.4) is 0 Å². The molecule has 1 heterocycles. The zero-order chi connectivity index (χ0) is 13.8. The molecule has 0 unspecified atom stereocenters. The van der Waals surface area contributed by atoms with Gasteiger partial charge in [0.15, 0.2) is 0 Å². The van der Waals surface area contributed by atoms with Gasteiger partial charge in [-0.2, -0.15) is 5.26 Å². The van der Waals surface area contributed by atoms with Crippen molar-refractivity contribution in [1.29, 1.82) is 5.26 Å². The molecule has 0 atom stereocenters. The zero-order valence-corrected chi connectivity index (χ0v) is 11.3. The number of nitrogens with zero attached hydrogens (tertiary/aromatic N) is 2. The van der Waals surface area contributed by atoms with Gasteiger partial charge in [0.1, 0.15) is 5.60 Å². The molecule has 1 saturated heterocycles. The molecule has 0 saturated carbocycles. The van der Waals surface area contributed by atoms with Crippen LogP contribution in [0.5, 0.6) is 0 Å². The first-order valence-electron chi connectivity index (χ1n) is 6.14. The molecule has 1 rings (SSSR count). The summed E-state index contributed by atoms with van der Waals surface area (Å²) in [6.45, 7) is 6.77. The lowest BCUT2D eigenvalue weighted by Gasteiger charge is -2.31. The van der Waals surface area contributed by atoms with Crippen LogP contribution in [0.25, 0.3) is 0 Å². The number of allylic oxidation sites excluding steroid dienone is 1. The Morgan fingerprint density at radius 3 is 2.44 bits per heavy atom. The van der Waals surface area contributed by atoms with E-state index in [-0.39, 0.29) is 12.5 Å². The second kappa shape index (κ2) is 5.76. The van der Waals surface area contributed by atoms with Gasteiger partial charge in [-0.15, -0.1) is 0 Å². The molecular weight excluding hydrogens is 230 g/mol.